The minimum atomic E-state index is 0.496. The zero-order valence-electron chi connectivity index (χ0n) is 13.8. The number of hydrogen-bond acceptors (Lipinski definition) is 6. The molecule has 0 aromatic carbocycles. The predicted molar refractivity (Wildman–Crippen MR) is 95.9 cm³/mol. The Kier molecular flexibility index (Phi) is 3.50. The summed E-state index contributed by atoms with van der Waals surface area (Å²) in [6.45, 7) is 0. The first-order valence-electron chi connectivity index (χ1n) is 7.68. The minimum Gasteiger partial charge on any atom is -0.481 e. The molecule has 0 aliphatic rings. The van der Waals surface area contributed by atoms with E-state index >= 15 is 0 Å². The first-order valence-corrected chi connectivity index (χ1v) is 7.68. The van der Waals surface area contributed by atoms with Crippen molar-refractivity contribution in [2.24, 2.45) is 7.05 Å². The van der Waals surface area contributed by atoms with Crippen LogP contribution in [0.4, 0.5) is 17.3 Å². The first-order chi connectivity index (χ1) is 12.1. The summed E-state index contributed by atoms with van der Waals surface area (Å²) >= 11 is 0. The van der Waals surface area contributed by atoms with Gasteiger partial charge in [0.2, 0.25) is 5.88 Å². The lowest BCUT2D eigenvalue weighted by Gasteiger charge is -2.08. The normalized spacial score (nSPS) is 11.0. The van der Waals surface area contributed by atoms with Crippen molar-refractivity contribution >= 4 is 23.0 Å². The molecule has 3 N–H and O–H groups in total. The molecular weight excluding hydrogens is 318 g/mol. The fourth-order valence-corrected chi connectivity index (χ4v) is 2.64. The van der Waals surface area contributed by atoms with Gasteiger partial charge >= 0.3 is 0 Å². The molecular formula is C17H17N7O. The van der Waals surface area contributed by atoms with Gasteiger partial charge in [-0.05, 0) is 12.1 Å². The van der Waals surface area contributed by atoms with E-state index in [1.807, 2.05) is 36.1 Å². The van der Waals surface area contributed by atoms with E-state index in [1.165, 1.54) is 0 Å². The average Bonchev–Trinajstić information content (AvgIpc) is 3.22. The van der Waals surface area contributed by atoms with Crippen molar-refractivity contribution in [1.82, 2.24) is 24.1 Å². The zero-order chi connectivity index (χ0) is 17.4. The molecule has 0 unspecified atom stereocenters. The molecule has 0 saturated carbocycles. The molecule has 4 rings (SSSR count). The Morgan fingerprint density at radius 1 is 1.20 bits per heavy atom. The fraction of sp³-hybridized carbons (Fsp3) is 0.118. The third kappa shape index (κ3) is 2.74. The van der Waals surface area contributed by atoms with Crippen LogP contribution in [0.3, 0.4) is 0 Å². The van der Waals surface area contributed by atoms with Gasteiger partial charge in [-0.2, -0.15) is 9.61 Å². The second-order valence-electron chi connectivity index (χ2n) is 5.64. The van der Waals surface area contributed by atoms with E-state index in [1.54, 1.807) is 36.2 Å². The number of nitrogen functional groups attached to an aromatic ring is 1. The number of anilines is 3. The minimum absolute atomic E-state index is 0.496. The van der Waals surface area contributed by atoms with Gasteiger partial charge in [0.15, 0.2) is 5.65 Å². The topological polar surface area (TPSA) is 95.3 Å². The number of ether oxygens (including phenoxy) is 1. The van der Waals surface area contributed by atoms with Crippen LogP contribution in [0, 0.1) is 0 Å². The lowest BCUT2D eigenvalue weighted by atomic mass is 10.2. The van der Waals surface area contributed by atoms with E-state index in [9.17, 15) is 0 Å². The quantitative estimate of drug-likeness (QED) is 0.595. The molecule has 126 valence electrons. The van der Waals surface area contributed by atoms with Crippen molar-refractivity contribution in [3.8, 4) is 17.0 Å². The molecule has 0 aliphatic heterocycles. The molecule has 4 heterocycles. The Balaban J connectivity index is 1.74. The standard InChI is InChI=1S/C17H17N7O/c1-23-6-5-11(10-23)13-9-20-24-14(18)7-15(22-17(13)24)21-12-3-4-16(25-2)19-8-12/h3-10H,18H2,1-2H3,(H,21,22). The molecule has 0 atom stereocenters. The number of fused-ring (bicyclic) bond motifs is 1. The summed E-state index contributed by atoms with van der Waals surface area (Å²) in [5.74, 6) is 1.67. The van der Waals surface area contributed by atoms with Crippen molar-refractivity contribution in [3.63, 3.8) is 0 Å². The fourth-order valence-electron chi connectivity index (χ4n) is 2.64. The molecule has 8 heteroatoms. The maximum absolute atomic E-state index is 6.13. The Bertz CT molecular complexity index is 1030. The van der Waals surface area contributed by atoms with E-state index < -0.39 is 0 Å². The van der Waals surface area contributed by atoms with Gasteiger partial charge in [0.25, 0.3) is 0 Å². The van der Waals surface area contributed by atoms with Crippen LogP contribution in [-0.4, -0.2) is 31.3 Å². The lowest BCUT2D eigenvalue weighted by molar-refractivity contribution is 0.398. The smallest absolute Gasteiger partial charge is 0.213 e. The number of nitrogens with zero attached hydrogens (tertiary/aromatic N) is 5. The van der Waals surface area contributed by atoms with E-state index in [0.717, 1.165) is 16.8 Å². The number of methoxy groups -OCH3 is 1. The van der Waals surface area contributed by atoms with Crippen molar-refractivity contribution < 1.29 is 4.74 Å². The molecule has 0 radical (unpaired) electrons. The van der Waals surface area contributed by atoms with Crippen molar-refractivity contribution in [3.05, 3.63) is 49.1 Å². The molecule has 0 aliphatic carbocycles. The summed E-state index contributed by atoms with van der Waals surface area (Å²) in [4.78, 5) is 8.83. The molecule has 25 heavy (non-hydrogen) atoms. The second kappa shape index (κ2) is 5.82. The van der Waals surface area contributed by atoms with Gasteiger partial charge in [-0.1, -0.05) is 0 Å². The first kappa shape index (κ1) is 15.0. The van der Waals surface area contributed by atoms with Crippen LogP contribution in [0.5, 0.6) is 5.88 Å². The van der Waals surface area contributed by atoms with Gasteiger partial charge in [0.1, 0.15) is 11.6 Å². The maximum Gasteiger partial charge on any atom is 0.213 e. The van der Waals surface area contributed by atoms with E-state index in [2.05, 4.69) is 20.4 Å². The summed E-state index contributed by atoms with van der Waals surface area (Å²) in [7, 11) is 3.55. The van der Waals surface area contributed by atoms with Crippen LogP contribution in [-0.2, 0) is 7.05 Å². The van der Waals surface area contributed by atoms with Crippen LogP contribution in [0.1, 0.15) is 0 Å². The highest BCUT2D eigenvalue weighted by Gasteiger charge is 2.12. The molecule has 0 bridgehead atoms. The number of nitrogens with two attached hydrogens (primary N) is 1. The monoisotopic (exact) mass is 335 g/mol. The summed E-state index contributed by atoms with van der Waals surface area (Å²) in [6.07, 6.45) is 7.44. The largest absolute Gasteiger partial charge is 0.481 e. The number of aryl methyl sites for hydroxylation is 1. The van der Waals surface area contributed by atoms with E-state index in [4.69, 9.17) is 10.5 Å². The zero-order valence-corrected chi connectivity index (χ0v) is 13.8. The van der Waals surface area contributed by atoms with Crippen molar-refractivity contribution in [2.45, 2.75) is 0 Å². The molecule has 0 fully saturated rings. The van der Waals surface area contributed by atoms with Gasteiger partial charge < -0.3 is 20.4 Å². The number of aromatic nitrogens is 5. The van der Waals surface area contributed by atoms with Crippen LogP contribution in [0.15, 0.2) is 49.1 Å². The number of nitrogens with one attached hydrogen (secondary N) is 1. The van der Waals surface area contributed by atoms with Gasteiger partial charge in [0, 0.05) is 42.7 Å². The number of pyridine rings is 1. The van der Waals surface area contributed by atoms with Crippen LogP contribution < -0.4 is 15.8 Å². The van der Waals surface area contributed by atoms with Crippen LogP contribution in [0.2, 0.25) is 0 Å². The molecule has 0 amide bonds. The Labute approximate surface area is 143 Å². The highest BCUT2D eigenvalue weighted by molar-refractivity contribution is 5.79. The highest BCUT2D eigenvalue weighted by atomic mass is 16.5. The second-order valence-corrected chi connectivity index (χ2v) is 5.64. The van der Waals surface area contributed by atoms with Gasteiger partial charge in [-0.15, -0.1) is 0 Å². The summed E-state index contributed by atoms with van der Waals surface area (Å²) in [5, 5.41) is 7.54. The van der Waals surface area contributed by atoms with Crippen LogP contribution in [0.25, 0.3) is 16.8 Å². The van der Waals surface area contributed by atoms with Crippen molar-refractivity contribution in [1.29, 1.82) is 0 Å². The third-order valence-corrected chi connectivity index (χ3v) is 3.86. The molecule has 0 spiro atoms. The number of rotatable bonds is 4. The van der Waals surface area contributed by atoms with E-state index in [-0.39, 0.29) is 0 Å². The highest BCUT2D eigenvalue weighted by Crippen LogP contribution is 2.27. The maximum atomic E-state index is 6.13. The summed E-state index contributed by atoms with van der Waals surface area (Å²) in [6, 6.07) is 7.39. The third-order valence-electron chi connectivity index (χ3n) is 3.86. The Hall–Kier alpha value is -3.55. The molecule has 4 aromatic rings. The van der Waals surface area contributed by atoms with Crippen molar-refractivity contribution in [2.75, 3.05) is 18.2 Å². The molecule has 0 saturated heterocycles. The van der Waals surface area contributed by atoms with Crippen LogP contribution >= 0.6 is 0 Å². The number of hydrogen-bond donors (Lipinski definition) is 2. The summed E-state index contributed by atoms with van der Waals surface area (Å²) < 4.78 is 8.67. The van der Waals surface area contributed by atoms with E-state index in [0.29, 0.717) is 23.2 Å². The Morgan fingerprint density at radius 2 is 2.08 bits per heavy atom. The lowest BCUT2D eigenvalue weighted by Crippen LogP contribution is -2.03. The average molecular weight is 335 g/mol. The van der Waals surface area contributed by atoms with Gasteiger partial charge in [-0.25, -0.2) is 9.97 Å². The van der Waals surface area contributed by atoms with Gasteiger partial charge in [-0.3, -0.25) is 0 Å². The predicted octanol–water partition coefficient (Wildman–Crippen LogP) is 2.46. The Morgan fingerprint density at radius 3 is 2.76 bits per heavy atom. The molecule has 4 aromatic heterocycles. The molecule has 8 nitrogen and oxygen atoms in total. The SMILES string of the molecule is COc1ccc(Nc2cc(N)n3ncc(-c4ccn(C)c4)c3n2)cn1. The van der Waals surface area contributed by atoms with Gasteiger partial charge in [0.05, 0.1) is 25.2 Å². The summed E-state index contributed by atoms with van der Waals surface area (Å²) in [5.41, 5.74) is 9.57.